The zero-order chi connectivity index (χ0) is 36.3. The van der Waals surface area contributed by atoms with Gasteiger partial charge in [-0.1, -0.05) is 18.9 Å². The van der Waals surface area contributed by atoms with Crippen LogP contribution in [0, 0.1) is 24.5 Å². The van der Waals surface area contributed by atoms with Gasteiger partial charge in [0, 0.05) is 49.1 Å². The molecule has 5 rings (SSSR count). The van der Waals surface area contributed by atoms with Crippen molar-refractivity contribution in [1.82, 2.24) is 19.4 Å². The first-order valence-corrected chi connectivity index (χ1v) is 16.8. The first kappa shape index (κ1) is 35.6. The van der Waals surface area contributed by atoms with Crippen LogP contribution in [0.3, 0.4) is 0 Å². The lowest BCUT2D eigenvalue weighted by molar-refractivity contribution is -0.139. The third-order valence-electron chi connectivity index (χ3n) is 8.21. The van der Waals surface area contributed by atoms with E-state index < -0.39 is 62.1 Å². The van der Waals surface area contributed by atoms with E-state index in [1.807, 2.05) is 4.72 Å². The minimum Gasteiger partial charge on any atom is -0.480 e. The number of amides is 2. The number of carboxylic acid groups (broad SMARTS) is 1. The van der Waals surface area contributed by atoms with E-state index in [1.54, 1.807) is 0 Å². The lowest BCUT2D eigenvalue weighted by Gasteiger charge is -2.16. The molecule has 2 amide bonds. The molecule has 0 saturated heterocycles. The third-order valence-corrected chi connectivity index (χ3v) is 9.59. The first-order chi connectivity index (χ1) is 23.6. The van der Waals surface area contributed by atoms with Crippen LogP contribution < -0.4 is 26.6 Å². The Kier molecular flexibility index (Phi) is 10.3. The van der Waals surface area contributed by atoms with Crippen LogP contribution >= 0.6 is 0 Å². The van der Waals surface area contributed by atoms with Crippen LogP contribution in [0.4, 0.5) is 20.2 Å². The van der Waals surface area contributed by atoms with Gasteiger partial charge in [0.25, 0.3) is 21.5 Å². The number of aromatic nitrogens is 3. The summed E-state index contributed by atoms with van der Waals surface area (Å²) in [6, 6.07) is 7.04. The molecular formula is C33H32F2N6O8S. The number of anilines is 2. The first-order valence-electron chi connectivity index (χ1n) is 15.4. The van der Waals surface area contributed by atoms with Gasteiger partial charge < -0.3 is 20.3 Å². The zero-order valence-electron chi connectivity index (χ0n) is 26.8. The highest BCUT2D eigenvalue weighted by molar-refractivity contribution is 7.92. The molecule has 50 heavy (non-hydrogen) atoms. The number of aliphatic carboxylic acids is 1. The minimum atomic E-state index is -4.43. The fourth-order valence-electron chi connectivity index (χ4n) is 5.52. The van der Waals surface area contributed by atoms with Crippen LogP contribution in [0.15, 0.2) is 75.4 Å². The molecule has 1 aliphatic carbocycles. The lowest BCUT2D eigenvalue weighted by Crippen LogP contribution is -2.42. The number of nitrogens with zero attached hydrogens (tertiary/aromatic N) is 3. The molecule has 4 N–H and O–H groups in total. The number of hydrogen-bond acceptors (Lipinski definition) is 8. The Balaban J connectivity index is 1.26. The smallest absolute Gasteiger partial charge is 0.336 e. The van der Waals surface area contributed by atoms with Crippen molar-refractivity contribution >= 4 is 39.2 Å². The van der Waals surface area contributed by atoms with Gasteiger partial charge in [0.05, 0.1) is 16.1 Å². The summed E-state index contributed by atoms with van der Waals surface area (Å²) in [4.78, 5) is 66.0. The predicted molar refractivity (Wildman–Crippen MR) is 177 cm³/mol. The maximum atomic E-state index is 15.1. The van der Waals surface area contributed by atoms with Crippen molar-refractivity contribution in [3.05, 3.63) is 110 Å². The van der Waals surface area contributed by atoms with Gasteiger partial charge in [-0.2, -0.15) is 0 Å². The monoisotopic (exact) mass is 710 g/mol. The molecule has 0 unspecified atom stereocenters. The number of hydrogen-bond donors (Lipinski definition) is 4. The lowest BCUT2D eigenvalue weighted by atomic mass is 10.1. The van der Waals surface area contributed by atoms with Crippen molar-refractivity contribution in [2.45, 2.75) is 50.0 Å². The van der Waals surface area contributed by atoms with Crippen LogP contribution in [0.5, 0.6) is 0 Å². The van der Waals surface area contributed by atoms with Gasteiger partial charge in [0.15, 0.2) is 0 Å². The van der Waals surface area contributed by atoms with E-state index in [1.165, 1.54) is 67.3 Å². The standard InChI is InChI=1S/C33H32F2N6O8S/c1-18-17-40(2)33(47)41(31(18)44)28-12-7-19(16-36-28)13-27(32(45)46)38-30(43)23-14-25(35)26(15-24(23)34)39-50(48,49)22-10-8-21(9-11-22)37-29(42)20-5-3-4-6-20/h7-12,14-17,20,27,39H,3-6,13H2,1-2H3,(H,37,42)(H,38,43)(H,45,46)/t27-/m0/s1. The molecule has 262 valence electrons. The van der Waals surface area contributed by atoms with Crippen molar-refractivity contribution in [3.8, 4) is 5.82 Å². The van der Waals surface area contributed by atoms with E-state index >= 15 is 8.78 Å². The molecule has 0 spiro atoms. The molecule has 14 nitrogen and oxygen atoms in total. The van der Waals surface area contributed by atoms with Crippen molar-refractivity contribution in [3.63, 3.8) is 0 Å². The molecule has 1 aliphatic rings. The normalized spacial score (nSPS) is 13.8. The summed E-state index contributed by atoms with van der Waals surface area (Å²) in [5.41, 5.74) is -2.02. The van der Waals surface area contributed by atoms with E-state index in [4.69, 9.17) is 0 Å². The molecule has 0 aliphatic heterocycles. The van der Waals surface area contributed by atoms with Crippen molar-refractivity contribution in [1.29, 1.82) is 0 Å². The van der Waals surface area contributed by atoms with Gasteiger partial charge in [0.2, 0.25) is 5.91 Å². The quantitative estimate of drug-likeness (QED) is 0.181. The summed E-state index contributed by atoms with van der Waals surface area (Å²) in [5.74, 6) is -5.75. The third kappa shape index (κ3) is 7.78. The molecule has 2 aromatic carbocycles. The number of aryl methyl sites for hydroxylation is 2. The molecule has 2 heterocycles. The maximum absolute atomic E-state index is 15.1. The Labute approximate surface area is 283 Å². The second-order valence-electron chi connectivity index (χ2n) is 11.9. The molecule has 17 heteroatoms. The van der Waals surface area contributed by atoms with Gasteiger partial charge in [-0.15, -0.1) is 0 Å². The number of carbonyl (C=O) groups is 3. The van der Waals surface area contributed by atoms with Crippen LogP contribution in [0.2, 0.25) is 0 Å². The molecule has 0 bridgehead atoms. The molecule has 1 atom stereocenters. The summed E-state index contributed by atoms with van der Waals surface area (Å²) in [6.07, 6.45) is 5.70. The van der Waals surface area contributed by atoms with Gasteiger partial charge in [-0.25, -0.2) is 36.3 Å². The number of pyridine rings is 1. The molecule has 1 fully saturated rings. The fraction of sp³-hybridized carbons (Fsp3) is 0.273. The number of rotatable bonds is 11. The summed E-state index contributed by atoms with van der Waals surface area (Å²) in [6.45, 7) is 1.52. The molecule has 1 saturated carbocycles. The Hall–Kier alpha value is -5.71. The highest BCUT2D eigenvalue weighted by Crippen LogP contribution is 2.27. The summed E-state index contributed by atoms with van der Waals surface area (Å²) in [7, 11) is -2.97. The van der Waals surface area contributed by atoms with Crippen molar-refractivity contribution in [2.24, 2.45) is 13.0 Å². The summed E-state index contributed by atoms with van der Waals surface area (Å²) < 4.78 is 59.9. The van der Waals surface area contributed by atoms with Gasteiger partial charge in [-0.3, -0.25) is 19.1 Å². The van der Waals surface area contributed by atoms with E-state index in [-0.39, 0.29) is 40.1 Å². The van der Waals surface area contributed by atoms with E-state index in [0.717, 1.165) is 30.3 Å². The number of nitrogens with one attached hydrogen (secondary N) is 3. The number of sulfonamides is 1. The van der Waals surface area contributed by atoms with Crippen molar-refractivity contribution in [2.75, 3.05) is 10.0 Å². The average Bonchev–Trinajstić information content (AvgIpc) is 3.62. The van der Waals surface area contributed by atoms with E-state index in [9.17, 15) is 37.5 Å². The summed E-state index contributed by atoms with van der Waals surface area (Å²) in [5, 5.41) is 14.6. The van der Waals surface area contributed by atoms with Gasteiger partial charge >= 0.3 is 11.7 Å². The van der Waals surface area contributed by atoms with Crippen LogP contribution in [0.25, 0.3) is 5.82 Å². The second-order valence-corrected chi connectivity index (χ2v) is 13.5. The van der Waals surface area contributed by atoms with Crippen molar-refractivity contribution < 1.29 is 36.7 Å². The minimum absolute atomic E-state index is 0.0210. The molecule has 2 aromatic heterocycles. The number of carbonyl (C=O) groups excluding carboxylic acids is 2. The fourth-order valence-corrected chi connectivity index (χ4v) is 6.58. The molecule has 0 radical (unpaired) electrons. The maximum Gasteiger partial charge on any atom is 0.336 e. The highest BCUT2D eigenvalue weighted by Gasteiger charge is 2.26. The van der Waals surface area contributed by atoms with Gasteiger partial charge in [-0.05, 0) is 61.7 Å². The van der Waals surface area contributed by atoms with E-state index in [2.05, 4.69) is 15.6 Å². The van der Waals surface area contributed by atoms with E-state index in [0.29, 0.717) is 17.8 Å². The largest absolute Gasteiger partial charge is 0.480 e. The Morgan fingerprint density at radius 3 is 2.32 bits per heavy atom. The summed E-state index contributed by atoms with van der Waals surface area (Å²) >= 11 is 0. The van der Waals surface area contributed by atoms with Crippen LogP contribution in [0.1, 0.15) is 47.2 Å². The Morgan fingerprint density at radius 2 is 1.70 bits per heavy atom. The number of benzene rings is 2. The second kappa shape index (κ2) is 14.4. The number of halogens is 2. The van der Waals surface area contributed by atoms with Crippen LogP contribution in [-0.4, -0.2) is 51.5 Å². The van der Waals surface area contributed by atoms with Gasteiger partial charge in [0.1, 0.15) is 23.5 Å². The highest BCUT2D eigenvalue weighted by atomic mass is 32.2. The predicted octanol–water partition coefficient (Wildman–Crippen LogP) is 2.87. The average molecular weight is 711 g/mol. The van der Waals surface area contributed by atoms with Crippen LogP contribution in [-0.2, 0) is 33.1 Å². The Bertz CT molecular complexity index is 2160. The number of carboxylic acids is 1. The molecular weight excluding hydrogens is 678 g/mol. The Morgan fingerprint density at radius 1 is 1.02 bits per heavy atom. The zero-order valence-corrected chi connectivity index (χ0v) is 27.6. The molecule has 4 aromatic rings. The SMILES string of the molecule is Cc1cn(C)c(=O)n(-c2ccc(C[C@H](NC(=O)c3cc(F)c(NS(=O)(=O)c4ccc(NC(=O)C5CCCC5)cc4)cc3F)C(=O)O)cn2)c1=O. The topological polar surface area (TPSA) is 199 Å².